The minimum atomic E-state index is -0.851. The number of carboxylic acid groups (broad SMARTS) is 1. The van der Waals surface area contributed by atoms with Crippen LogP contribution in [0.4, 0.5) is 5.69 Å². The lowest BCUT2D eigenvalue weighted by molar-refractivity contribution is -0.142. The number of hydrogen-bond acceptors (Lipinski definition) is 3. The molecule has 2 N–H and O–H groups in total. The van der Waals surface area contributed by atoms with Gasteiger partial charge in [-0.3, -0.25) is 14.5 Å². The molecule has 0 aliphatic rings. The van der Waals surface area contributed by atoms with Crippen molar-refractivity contribution in [2.24, 2.45) is 0 Å². The average molecular weight is 287 g/mol. The highest BCUT2D eigenvalue weighted by atomic mass is 35.5. The summed E-state index contributed by atoms with van der Waals surface area (Å²) in [6.07, 6.45) is 0. The van der Waals surface area contributed by atoms with E-state index in [0.717, 1.165) is 11.3 Å². The second kappa shape index (κ2) is 7.76. The highest BCUT2D eigenvalue weighted by Crippen LogP contribution is 2.13. The van der Waals surface area contributed by atoms with Crippen LogP contribution in [0.1, 0.15) is 19.4 Å². The van der Waals surface area contributed by atoms with Crippen LogP contribution >= 0.6 is 12.4 Å². The molecule has 0 bridgehead atoms. The third-order valence-corrected chi connectivity index (χ3v) is 2.70. The third-order valence-electron chi connectivity index (χ3n) is 2.70. The van der Waals surface area contributed by atoms with E-state index >= 15 is 0 Å². The number of carbonyl (C=O) groups excluding carboxylic acids is 1. The van der Waals surface area contributed by atoms with Crippen LogP contribution in [0.3, 0.4) is 0 Å². The molecule has 1 amide bonds. The third kappa shape index (κ3) is 5.72. The lowest BCUT2D eigenvalue weighted by atomic mass is 10.1. The summed E-state index contributed by atoms with van der Waals surface area (Å²) in [5.74, 6) is -0.977. The Morgan fingerprint density at radius 1 is 1.42 bits per heavy atom. The molecule has 0 saturated carbocycles. The number of carboxylic acids is 1. The van der Waals surface area contributed by atoms with Crippen LogP contribution in [0.15, 0.2) is 24.3 Å². The number of nitrogens with zero attached hydrogens (tertiary/aromatic N) is 1. The Hall–Kier alpha value is -1.59. The molecule has 0 fully saturated rings. The number of carbonyl (C=O) groups is 2. The van der Waals surface area contributed by atoms with E-state index < -0.39 is 12.0 Å². The van der Waals surface area contributed by atoms with E-state index in [1.165, 1.54) is 6.92 Å². The molecular weight excluding hydrogens is 268 g/mol. The van der Waals surface area contributed by atoms with E-state index in [2.05, 4.69) is 5.32 Å². The van der Waals surface area contributed by atoms with E-state index in [0.29, 0.717) is 6.54 Å². The van der Waals surface area contributed by atoms with Gasteiger partial charge in [0.2, 0.25) is 5.91 Å². The molecule has 0 saturated heterocycles. The Balaban J connectivity index is 0.00000324. The van der Waals surface area contributed by atoms with Crippen molar-refractivity contribution in [3.63, 3.8) is 0 Å². The number of rotatable bonds is 5. The zero-order valence-corrected chi connectivity index (χ0v) is 12.0. The number of benzene rings is 1. The zero-order chi connectivity index (χ0) is 13.7. The van der Waals surface area contributed by atoms with Crippen LogP contribution in [0, 0.1) is 0 Å². The normalized spacial score (nSPS) is 11.6. The molecule has 0 aliphatic carbocycles. The molecular formula is C13H19ClN2O3. The first kappa shape index (κ1) is 17.4. The standard InChI is InChI=1S/C13H18N2O3.ClH/c1-9(13(17)18)15(3)8-11-5-4-6-12(7-11)14-10(2)16;/h4-7,9H,8H2,1-3H3,(H,14,16)(H,17,18);1H. The molecule has 6 heteroatoms. The number of aliphatic carboxylic acids is 1. The largest absolute Gasteiger partial charge is 0.480 e. The summed E-state index contributed by atoms with van der Waals surface area (Å²) in [5, 5.41) is 11.6. The Morgan fingerprint density at radius 2 is 2.05 bits per heavy atom. The predicted octanol–water partition coefficient (Wildman–Crippen LogP) is 1.97. The molecule has 1 atom stereocenters. The molecule has 1 aromatic rings. The quantitative estimate of drug-likeness (QED) is 0.868. The van der Waals surface area contributed by atoms with Crippen LogP contribution in [0.25, 0.3) is 0 Å². The Kier molecular flexibility index (Phi) is 7.11. The lowest BCUT2D eigenvalue weighted by Gasteiger charge is -2.21. The van der Waals surface area contributed by atoms with Crippen LogP contribution in [0.5, 0.6) is 0 Å². The number of nitrogens with one attached hydrogen (secondary N) is 1. The van der Waals surface area contributed by atoms with Crippen molar-refractivity contribution in [2.45, 2.75) is 26.4 Å². The minimum Gasteiger partial charge on any atom is -0.480 e. The molecule has 0 radical (unpaired) electrons. The molecule has 0 aromatic heterocycles. The summed E-state index contributed by atoms with van der Waals surface area (Å²) >= 11 is 0. The minimum absolute atomic E-state index is 0. The Labute approximate surface area is 119 Å². The molecule has 0 aliphatic heterocycles. The van der Waals surface area contributed by atoms with Gasteiger partial charge in [0.15, 0.2) is 0 Å². The van der Waals surface area contributed by atoms with Gasteiger partial charge in [0.25, 0.3) is 0 Å². The maximum Gasteiger partial charge on any atom is 0.320 e. The fourth-order valence-corrected chi connectivity index (χ4v) is 1.56. The first-order valence-corrected chi connectivity index (χ1v) is 5.69. The highest BCUT2D eigenvalue weighted by Gasteiger charge is 2.16. The number of amides is 1. The molecule has 1 rings (SSSR count). The van der Waals surface area contributed by atoms with Crippen molar-refractivity contribution in [2.75, 3.05) is 12.4 Å². The Bertz CT molecular complexity index is 451. The van der Waals surface area contributed by atoms with Crippen molar-refractivity contribution >= 4 is 30.0 Å². The summed E-state index contributed by atoms with van der Waals surface area (Å²) in [5.41, 5.74) is 1.67. The molecule has 106 valence electrons. The van der Waals surface area contributed by atoms with Gasteiger partial charge < -0.3 is 10.4 Å². The summed E-state index contributed by atoms with van der Waals surface area (Å²) in [6.45, 7) is 3.60. The number of anilines is 1. The smallest absolute Gasteiger partial charge is 0.320 e. The maximum atomic E-state index is 10.9. The van der Waals surface area contributed by atoms with E-state index in [9.17, 15) is 9.59 Å². The van der Waals surface area contributed by atoms with E-state index in [1.807, 2.05) is 18.2 Å². The summed E-state index contributed by atoms with van der Waals surface area (Å²) in [4.78, 5) is 23.5. The number of likely N-dealkylation sites (N-methyl/N-ethyl adjacent to an activating group) is 1. The first-order valence-electron chi connectivity index (χ1n) is 5.69. The van der Waals surface area contributed by atoms with Crippen LogP contribution in [0.2, 0.25) is 0 Å². The van der Waals surface area contributed by atoms with Gasteiger partial charge in [-0.05, 0) is 31.7 Å². The van der Waals surface area contributed by atoms with Crippen molar-refractivity contribution in [1.29, 1.82) is 0 Å². The van der Waals surface area contributed by atoms with Gasteiger partial charge in [-0.25, -0.2) is 0 Å². The second-order valence-electron chi connectivity index (χ2n) is 4.31. The van der Waals surface area contributed by atoms with Gasteiger partial charge in [0.05, 0.1) is 0 Å². The molecule has 0 heterocycles. The molecule has 19 heavy (non-hydrogen) atoms. The summed E-state index contributed by atoms with van der Waals surface area (Å²) in [6, 6.07) is 6.82. The Morgan fingerprint density at radius 3 is 2.58 bits per heavy atom. The number of hydrogen-bond donors (Lipinski definition) is 2. The van der Waals surface area contributed by atoms with E-state index in [1.54, 1.807) is 24.9 Å². The first-order chi connectivity index (χ1) is 8.40. The topological polar surface area (TPSA) is 69.6 Å². The van der Waals surface area contributed by atoms with Gasteiger partial charge in [-0.15, -0.1) is 12.4 Å². The number of halogens is 1. The molecule has 0 spiro atoms. The van der Waals surface area contributed by atoms with Crippen LogP contribution in [-0.2, 0) is 16.1 Å². The van der Waals surface area contributed by atoms with Gasteiger partial charge in [-0.2, -0.15) is 0 Å². The fourth-order valence-electron chi connectivity index (χ4n) is 1.56. The van der Waals surface area contributed by atoms with E-state index in [-0.39, 0.29) is 18.3 Å². The van der Waals surface area contributed by atoms with Gasteiger partial charge >= 0.3 is 5.97 Å². The average Bonchev–Trinajstić information content (AvgIpc) is 2.27. The summed E-state index contributed by atoms with van der Waals surface area (Å²) < 4.78 is 0. The van der Waals surface area contributed by atoms with Gasteiger partial charge in [-0.1, -0.05) is 12.1 Å². The molecule has 1 aromatic carbocycles. The van der Waals surface area contributed by atoms with Crippen LogP contribution in [-0.4, -0.2) is 35.0 Å². The monoisotopic (exact) mass is 286 g/mol. The van der Waals surface area contributed by atoms with Crippen LogP contribution < -0.4 is 5.32 Å². The van der Waals surface area contributed by atoms with Crippen molar-refractivity contribution < 1.29 is 14.7 Å². The second-order valence-corrected chi connectivity index (χ2v) is 4.31. The van der Waals surface area contributed by atoms with Crippen molar-refractivity contribution in [1.82, 2.24) is 4.90 Å². The SMILES string of the molecule is CC(=O)Nc1cccc(CN(C)C(C)C(=O)O)c1.Cl. The highest BCUT2D eigenvalue weighted by molar-refractivity contribution is 5.88. The predicted molar refractivity (Wildman–Crippen MR) is 76.6 cm³/mol. The van der Waals surface area contributed by atoms with Gasteiger partial charge in [0.1, 0.15) is 6.04 Å². The van der Waals surface area contributed by atoms with E-state index in [4.69, 9.17) is 5.11 Å². The summed E-state index contributed by atoms with van der Waals surface area (Å²) in [7, 11) is 1.75. The lowest BCUT2D eigenvalue weighted by Crippen LogP contribution is -2.35. The van der Waals surface area contributed by atoms with Crippen molar-refractivity contribution in [3.05, 3.63) is 29.8 Å². The molecule has 5 nitrogen and oxygen atoms in total. The van der Waals surface area contributed by atoms with Gasteiger partial charge in [0, 0.05) is 19.2 Å². The zero-order valence-electron chi connectivity index (χ0n) is 11.2. The molecule has 1 unspecified atom stereocenters. The fraction of sp³-hybridized carbons (Fsp3) is 0.385. The van der Waals surface area contributed by atoms with Crippen molar-refractivity contribution in [3.8, 4) is 0 Å². The maximum absolute atomic E-state index is 10.9.